The SMILES string of the molecule is CCOC1=C(O)C(=O)O[C@@H]1[C@@H](O)C(O)=C(C)C. The summed E-state index contributed by atoms with van der Waals surface area (Å²) in [5, 5.41) is 28.8. The van der Waals surface area contributed by atoms with E-state index in [4.69, 9.17) is 9.47 Å². The van der Waals surface area contributed by atoms with E-state index in [1.807, 2.05) is 0 Å². The molecule has 6 nitrogen and oxygen atoms in total. The number of aliphatic hydroxyl groups excluding tert-OH is 3. The quantitative estimate of drug-likeness (QED) is 0.503. The number of cyclic esters (lactones) is 1. The molecule has 0 radical (unpaired) electrons. The van der Waals surface area contributed by atoms with Crippen molar-refractivity contribution >= 4 is 5.97 Å². The van der Waals surface area contributed by atoms with Crippen LogP contribution in [0.2, 0.25) is 0 Å². The molecule has 1 rings (SSSR count). The molecular formula is C11H16O6. The van der Waals surface area contributed by atoms with Crippen molar-refractivity contribution < 1.29 is 29.6 Å². The minimum atomic E-state index is -1.45. The molecule has 2 atom stereocenters. The van der Waals surface area contributed by atoms with Crippen molar-refractivity contribution in [2.24, 2.45) is 0 Å². The summed E-state index contributed by atoms with van der Waals surface area (Å²) in [6.07, 6.45) is -2.66. The molecule has 6 heteroatoms. The highest BCUT2D eigenvalue weighted by Crippen LogP contribution is 2.27. The van der Waals surface area contributed by atoms with Crippen LogP contribution in [-0.2, 0) is 14.3 Å². The van der Waals surface area contributed by atoms with Crippen molar-refractivity contribution in [1.82, 2.24) is 0 Å². The maximum Gasteiger partial charge on any atom is 0.378 e. The Labute approximate surface area is 98.8 Å². The van der Waals surface area contributed by atoms with E-state index in [1.54, 1.807) is 20.8 Å². The fourth-order valence-electron chi connectivity index (χ4n) is 1.41. The molecule has 17 heavy (non-hydrogen) atoms. The molecule has 1 aliphatic heterocycles. The van der Waals surface area contributed by atoms with Gasteiger partial charge in [-0.1, -0.05) is 0 Å². The second-order valence-electron chi connectivity index (χ2n) is 3.80. The van der Waals surface area contributed by atoms with Crippen LogP contribution < -0.4 is 0 Å². The van der Waals surface area contributed by atoms with Gasteiger partial charge in [-0.3, -0.25) is 0 Å². The van der Waals surface area contributed by atoms with Crippen LogP contribution in [0.15, 0.2) is 22.9 Å². The van der Waals surface area contributed by atoms with Crippen molar-refractivity contribution in [2.75, 3.05) is 6.61 Å². The fourth-order valence-corrected chi connectivity index (χ4v) is 1.41. The van der Waals surface area contributed by atoms with Gasteiger partial charge >= 0.3 is 5.97 Å². The van der Waals surface area contributed by atoms with Gasteiger partial charge in [0.1, 0.15) is 5.76 Å². The lowest BCUT2D eigenvalue weighted by Gasteiger charge is -2.20. The zero-order valence-corrected chi connectivity index (χ0v) is 9.93. The van der Waals surface area contributed by atoms with E-state index in [2.05, 4.69) is 0 Å². The molecule has 1 heterocycles. The molecule has 0 fully saturated rings. The Morgan fingerprint density at radius 3 is 2.59 bits per heavy atom. The second kappa shape index (κ2) is 5.09. The molecule has 0 aromatic heterocycles. The first-order valence-electron chi connectivity index (χ1n) is 5.21. The summed E-state index contributed by atoms with van der Waals surface area (Å²) in [4.78, 5) is 11.1. The topological polar surface area (TPSA) is 96.2 Å². The average molecular weight is 244 g/mol. The summed E-state index contributed by atoms with van der Waals surface area (Å²) < 4.78 is 9.78. The molecule has 0 saturated carbocycles. The van der Waals surface area contributed by atoms with E-state index in [-0.39, 0.29) is 18.1 Å². The summed E-state index contributed by atoms with van der Waals surface area (Å²) in [7, 11) is 0. The highest BCUT2D eigenvalue weighted by Gasteiger charge is 2.42. The van der Waals surface area contributed by atoms with Crippen LogP contribution in [0.25, 0.3) is 0 Å². The Kier molecular flexibility index (Phi) is 4.01. The van der Waals surface area contributed by atoms with E-state index in [0.717, 1.165) is 0 Å². The first kappa shape index (κ1) is 13.4. The summed E-state index contributed by atoms with van der Waals surface area (Å²) in [6.45, 7) is 5.06. The number of hydrogen-bond acceptors (Lipinski definition) is 6. The van der Waals surface area contributed by atoms with Gasteiger partial charge in [0.05, 0.1) is 6.61 Å². The van der Waals surface area contributed by atoms with Crippen molar-refractivity contribution in [3.63, 3.8) is 0 Å². The van der Waals surface area contributed by atoms with Gasteiger partial charge < -0.3 is 24.8 Å². The van der Waals surface area contributed by atoms with E-state index in [9.17, 15) is 20.1 Å². The minimum absolute atomic E-state index is 0.155. The molecular weight excluding hydrogens is 228 g/mol. The van der Waals surface area contributed by atoms with E-state index < -0.39 is 23.9 Å². The number of esters is 1. The summed E-state index contributed by atoms with van der Waals surface area (Å²) in [6, 6.07) is 0. The Hall–Kier alpha value is -1.69. The zero-order valence-electron chi connectivity index (χ0n) is 9.93. The van der Waals surface area contributed by atoms with Gasteiger partial charge in [0.25, 0.3) is 0 Å². The predicted molar refractivity (Wildman–Crippen MR) is 58.2 cm³/mol. The third-order valence-electron chi connectivity index (χ3n) is 2.30. The first-order chi connectivity index (χ1) is 7.90. The lowest BCUT2D eigenvalue weighted by Crippen LogP contribution is -2.31. The van der Waals surface area contributed by atoms with Crippen LogP contribution in [-0.4, -0.2) is 40.1 Å². The largest absolute Gasteiger partial charge is 0.509 e. The number of rotatable bonds is 4. The Bertz CT molecular complexity index is 377. The summed E-state index contributed by atoms with van der Waals surface area (Å²) >= 11 is 0. The lowest BCUT2D eigenvalue weighted by molar-refractivity contribution is -0.146. The average Bonchev–Trinajstić information content (AvgIpc) is 2.55. The lowest BCUT2D eigenvalue weighted by atomic mass is 10.1. The molecule has 1 aliphatic rings. The second-order valence-corrected chi connectivity index (χ2v) is 3.80. The van der Waals surface area contributed by atoms with Crippen LogP contribution in [0.3, 0.4) is 0 Å². The van der Waals surface area contributed by atoms with Crippen LogP contribution in [0.1, 0.15) is 20.8 Å². The smallest absolute Gasteiger partial charge is 0.378 e. The number of aliphatic hydroxyl groups is 3. The van der Waals surface area contributed by atoms with Crippen molar-refractivity contribution in [1.29, 1.82) is 0 Å². The van der Waals surface area contributed by atoms with Crippen molar-refractivity contribution in [2.45, 2.75) is 33.0 Å². The van der Waals surface area contributed by atoms with Gasteiger partial charge in [-0.15, -0.1) is 0 Å². The number of allylic oxidation sites excluding steroid dienone is 1. The molecule has 3 N–H and O–H groups in total. The van der Waals surface area contributed by atoms with Crippen LogP contribution in [0.5, 0.6) is 0 Å². The minimum Gasteiger partial charge on any atom is -0.509 e. The van der Waals surface area contributed by atoms with E-state index in [0.29, 0.717) is 5.57 Å². The van der Waals surface area contributed by atoms with Gasteiger partial charge in [-0.25, -0.2) is 4.79 Å². The molecule has 0 bridgehead atoms. The molecule has 0 aromatic carbocycles. The van der Waals surface area contributed by atoms with Crippen LogP contribution in [0.4, 0.5) is 0 Å². The van der Waals surface area contributed by atoms with Gasteiger partial charge in [0, 0.05) is 0 Å². The van der Waals surface area contributed by atoms with Gasteiger partial charge in [-0.05, 0) is 26.3 Å². The number of hydrogen-bond donors (Lipinski definition) is 3. The highest BCUT2D eigenvalue weighted by atomic mass is 16.6. The Balaban J connectivity index is 3.00. The fraction of sp³-hybridized carbons (Fsp3) is 0.545. The van der Waals surface area contributed by atoms with Gasteiger partial charge in [0.15, 0.2) is 18.0 Å². The number of carbonyl (C=O) groups is 1. The first-order valence-corrected chi connectivity index (χ1v) is 5.21. The maximum absolute atomic E-state index is 11.1. The monoisotopic (exact) mass is 244 g/mol. The molecule has 0 unspecified atom stereocenters. The molecule has 0 aliphatic carbocycles. The summed E-state index contributed by atoms with van der Waals surface area (Å²) in [5.41, 5.74) is 0.482. The molecule has 96 valence electrons. The van der Waals surface area contributed by atoms with E-state index in [1.165, 1.54) is 0 Å². The van der Waals surface area contributed by atoms with Crippen molar-refractivity contribution in [3.05, 3.63) is 22.9 Å². The maximum atomic E-state index is 11.1. The van der Waals surface area contributed by atoms with Gasteiger partial charge in [0.2, 0.25) is 5.76 Å². The molecule has 0 amide bonds. The van der Waals surface area contributed by atoms with Crippen molar-refractivity contribution in [3.8, 4) is 0 Å². The normalized spacial score (nSPS) is 21.2. The van der Waals surface area contributed by atoms with Gasteiger partial charge in [-0.2, -0.15) is 0 Å². The Morgan fingerprint density at radius 2 is 2.12 bits per heavy atom. The van der Waals surface area contributed by atoms with Crippen LogP contribution >= 0.6 is 0 Å². The third-order valence-corrected chi connectivity index (χ3v) is 2.30. The highest BCUT2D eigenvalue weighted by molar-refractivity contribution is 5.89. The molecule has 0 saturated heterocycles. The predicted octanol–water partition coefficient (Wildman–Crippen LogP) is 0.931. The Morgan fingerprint density at radius 1 is 1.53 bits per heavy atom. The van der Waals surface area contributed by atoms with E-state index >= 15 is 0 Å². The number of carbonyl (C=O) groups excluding carboxylic acids is 1. The molecule has 0 spiro atoms. The van der Waals surface area contributed by atoms with Crippen LogP contribution in [0, 0.1) is 0 Å². The summed E-state index contributed by atoms with van der Waals surface area (Å²) in [5.74, 6) is -2.11. The number of ether oxygens (including phenoxy) is 2. The third kappa shape index (κ3) is 2.52. The molecule has 0 aromatic rings. The standard InChI is InChI=1S/C11H16O6/c1-4-16-9-8(14)11(15)17-10(9)7(13)6(12)5(2)3/h7,10,12-14H,4H2,1-3H3/t7-,10+/m0/s1. The zero-order chi connectivity index (χ0) is 13.2.